The van der Waals surface area contributed by atoms with Crippen molar-refractivity contribution in [2.75, 3.05) is 13.0 Å². The molecule has 1 fully saturated rings. The molecule has 0 aliphatic carbocycles. The van der Waals surface area contributed by atoms with Crippen molar-refractivity contribution >= 4 is 22.8 Å². The van der Waals surface area contributed by atoms with Crippen LogP contribution in [0.1, 0.15) is 6.23 Å². The van der Waals surface area contributed by atoms with Gasteiger partial charge in [-0.05, 0) is 0 Å². The Morgan fingerprint density at radius 1 is 1.35 bits per heavy atom. The predicted molar refractivity (Wildman–Crippen MR) is 68.5 cm³/mol. The maximum Gasteiger partial charge on any atom is 0.245 e. The van der Waals surface area contributed by atoms with Crippen LogP contribution in [0.15, 0.2) is 12.7 Å². The highest BCUT2D eigenvalue weighted by atomic mass is 35.5. The minimum Gasteiger partial charge on any atom is -0.479 e. The van der Waals surface area contributed by atoms with E-state index < -0.39 is 24.5 Å². The number of methoxy groups -OCH3 is 1. The standard InChI is InChI=1S/C11H13ClN4O4/c1-19-10-6-9(13-3-14-10)16(4-15-6)11-8(18)7(17)5(2-12)20-11/h3-5,7-8,11,17-18H,2H2,1H3/t5-,7-,8-,11-/m1/s1. The number of nitrogens with zero attached hydrogens (tertiary/aromatic N) is 4. The summed E-state index contributed by atoms with van der Waals surface area (Å²) in [5, 5.41) is 19.9. The van der Waals surface area contributed by atoms with E-state index >= 15 is 0 Å². The summed E-state index contributed by atoms with van der Waals surface area (Å²) in [7, 11) is 1.48. The zero-order valence-electron chi connectivity index (χ0n) is 10.5. The van der Waals surface area contributed by atoms with Crippen molar-refractivity contribution in [3.8, 4) is 5.88 Å². The van der Waals surface area contributed by atoms with E-state index in [4.69, 9.17) is 21.1 Å². The van der Waals surface area contributed by atoms with Crippen molar-refractivity contribution in [2.45, 2.75) is 24.5 Å². The molecule has 0 aromatic carbocycles. The molecular formula is C11H13ClN4O4. The second-order valence-corrected chi connectivity index (χ2v) is 4.72. The zero-order chi connectivity index (χ0) is 14.3. The molecule has 0 saturated carbocycles. The van der Waals surface area contributed by atoms with Gasteiger partial charge in [0.15, 0.2) is 17.4 Å². The van der Waals surface area contributed by atoms with E-state index in [-0.39, 0.29) is 5.88 Å². The lowest BCUT2D eigenvalue weighted by molar-refractivity contribution is -0.0291. The number of halogens is 1. The number of aliphatic hydroxyl groups excluding tert-OH is 2. The van der Waals surface area contributed by atoms with Crippen LogP contribution in [0.2, 0.25) is 0 Å². The molecule has 1 aliphatic rings. The monoisotopic (exact) mass is 300 g/mol. The third kappa shape index (κ3) is 1.92. The molecule has 0 amide bonds. The van der Waals surface area contributed by atoms with E-state index in [1.54, 1.807) is 0 Å². The number of rotatable bonds is 3. The van der Waals surface area contributed by atoms with Crippen molar-refractivity contribution < 1.29 is 19.7 Å². The van der Waals surface area contributed by atoms with Gasteiger partial charge in [-0.3, -0.25) is 4.57 Å². The van der Waals surface area contributed by atoms with Gasteiger partial charge in [0.25, 0.3) is 0 Å². The Hall–Kier alpha value is -1.48. The zero-order valence-corrected chi connectivity index (χ0v) is 11.3. The predicted octanol–water partition coefficient (Wildman–Crippen LogP) is -0.307. The molecular weight excluding hydrogens is 288 g/mol. The first-order valence-electron chi connectivity index (χ1n) is 5.96. The summed E-state index contributed by atoms with van der Waals surface area (Å²) in [4.78, 5) is 12.2. The van der Waals surface area contributed by atoms with Crippen LogP contribution in [-0.2, 0) is 4.74 Å². The lowest BCUT2D eigenvalue weighted by Gasteiger charge is -2.16. The van der Waals surface area contributed by atoms with Crippen molar-refractivity contribution in [3.05, 3.63) is 12.7 Å². The minimum atomic E-state index is -1.11. The first-order valence-corrected chi connectivity index (χ1v) is 6.50. The lowest BCUT2D eigenvalue weighted by atomic mass is 10.1. The van der Waals surface area contributed by atoms with Crippen LogP contribution in [0.4, 0.5) is 0 Å². The molecule has 108 valence electrons. The number of alkyl halides is 1. The molecule has 2 aromatic heterocycles. The number of ether oxygens (including phenoxy) is 2. The molecule has 2 N–H and O–H groups in total. The average Bonchev–Trinajstić information content (AvgIpc) is 3.01. The molecule has 0 spiro atoms. The van der Waals surface area contributed by atoms with Crippen molar-refractivity contribution in [1.82, 2.24) is 19.5 Å². The summed E-state index contributed by atoms with van der Waals surface area (Å²) in [6.07, 6.45) is -0.832. The molecule has 20 heavy (non-hydrogen) atoms. The van der Waals surface area contributed by atoms with E-state index in [0.717, 1.165) is 0 Å². The summed E-state index contributed by atoms with van der Waals surface area (Å²) in [5.41, 5.74) is 0.901. The Kier molecular flexibility index (Phi) is 3.47. The normalized spacial score (nSPS) is 30.0. The summed E-state index contributed by atoms with van der Waals surface area (Å²) in [6.45, 7) is 0. The van der Waals surface area contributed by atoms with Crippen LogP contribution < -0.4 is 4.74 Å². The summed E-state index contributed by atoms with van der Waals surface area (Å²) >= 11 is 5.69. The van der Waals surface area contributed by atoms with E-state index in [9.17, 15) is 10.2 Å². The molecule has 0 radical (unpaired) electrons. The van der Waals surface area contributed by atoms with Gasteiger partial charge in [-0.1, -0.05) is 0 Å². The fourth-order valence-electron chi connectivity index (χ4n) is 2.25. The second-order valence-electron chi connectivity index (χ2n) is 4.41. The minimum absolute atomic E-state index is 0.0830. The van der Waals surface area contributed by atoms with Crippen molar-refractivity contribution in [1.29, 1.82) is 0 Å². The van der Waals surface area contributed by atoms with Gasteiger partial charge in [-0.15, -0.1) is 11.6 Å². The van der Waals surface area contributed by atoms with Crippen molar-refractivity contribution in [2.24, 2.45) is 0 Å². The number of aliphatic hydroxyl groups is 2. The van der Waals surface area contributed by atoms with Gasteiger partial charge in [0.1, 0.15) is 24.6 Å². The molecule has 4 atom stereocenters. The van der Waals surface area contributed by atoms with E-state index in [1.165, 1.54) is 24.3 Å². The third-order valence-corrected chi connectivity index (χ3v) is 3.59. The smallest absolute Gasteiger partial charge is 0.245 e. The maximum absolute atomic E-state index is 10.1. The number of imidazole rings is 1. The second kappa shape index (κ2) is 5.13. The highest BCUT2D eigenvalue weighted by Crippen LogP contribution is 2.32. The quantitative estimate of drug-likeness (QED) is 0.750. The maximum atomic E-state index is 10.1. The Bertz CT molecular complexity index is 621. The average molecular weight is 301 g/mol. The Morgan fingerprint density at radius 2 is 2.15 bits per heavy atom. The number of hydrogen-bond donors (Lipinski definition) is 2. The third-order valence-electron chi connectivity index (χ3n) is 3.28. The van der Waals surface area contributed by atoms with Crippen LogP contribution in [0.25, 0.3) is 11.2 Å². The largest absolute Gasteiger partial charge is 0.479 e. The summed E-state index contributed by atoms with van der Waals surface area (Å²) < 4.78 is 12.2. The molecule has 2 aromatic rings. The molecule has 0 unspecified atom stereocenters. The van der Waals surface area contributed by atoms with Gasteiger partial charge in [-0.2, -0.15) is 4.98 Å². The van der Waals surface area contributed by atoms with Crippen LogP contribution in [0.5, 0.6) is 5.88 Å². The molecule has 1 saturated heterocycles. The van der Waals surface area contributed by atoms with Crippen LogP contribution in [-0.4, -0.2) is 61.0 Å². The van der Waals surface area contributed by atoms with E-state index in [2.05, 4.69) is 15.0 Å². The fourth-order valence-corrected chi connectivity index (χ4v) is 2.51. The first kappa shape index (κ1) is 13.5. The Labute approximate surface area is 118 Å². The Morgan fingerprint density at radius 3 is 2.80 bits per heavy atom. The van der Waals surface area contributed by atoms with Gasteiger partial charge in [-0.25, -0.2) is 9.97 Å². The number of fused-ring (bicyclic) bond motifs is 1. The number of hydrogen-bond acceptors (Lipinski definition) is 7. The lowest BCUT2D eigenvalue weighted by Crippen LogP contribution is -2.32. The molecule has 3 rings (SSSR count). The van der Waals surface area contributed by atoms with Gasteiger partial charge in [0, 0.05) is 0 Å². The van der Waals surface area contributed by atoms with Gasteiger partial charge >= 0.3 is 0 Å². The fraction of sp³-hybridized carbons (Fsp3) is 0.545. The highest BCUT2D eigenvalue weighted by Gasteiger charge is 2.43. The van der Waals surface area contributed by atoms with Crippen molar-refractivity contribution in [3.63, 3.8) is 0 Å². The van der Waals surface area contributed by atoms with Gasteiger partial charge < -0.3 is 19.7 Å². The van der Waals surface area contributed by atoms with E-state index in [0.29, 0.717) is 17.0 Å². The summed E-state index contributed by atoms with van der Waals surface area (Å²) in [5.74, 6) is 0.412. The van der Waals surface area contributed by atoms with E-state index in [1.807, 2.05) is 0 Å². The van der Waals surface area contributed by atoms with Gasteiger partial charge in [0.2, 0.25) is 5.88 Å². The molecule has 3 heterocycles. The topological polar surface area (TPSA) is 103 Å². The molecule has 8 nitrogen and oxygen atoms in total. The summed E-state index contributed by atoms with van der Waals surface area (Å²) in [6, 6.07) is 0. The molecule has 0 bridgehead atoms. The molecule has 9 heteroatoms. The van der Waals surface area contributed by atoms with Crippen LogP contribution in [0, 0.1) is 0 Å². The highest BCUT2D eigenvalue weighted by molar-refractivity contribution is 6.18. The van der Waals surface area contributed by atoms with Crippen LogP contribution >= 0.6 is 11.6 Å². The van der Waals surface area contributed by atoms with Gasteiger partial charge in [0.05, 0.1) is 19.3 Å². The molecule has 1 aliphatic heterocycles. The van der Waals surface area contributed by atoms with Crippen LogP contribution in [0.3, 0.4) is 0 Å². The SMILES string of the molecule is COc1ncnc2c1ncn2[C@@H]1O[C@H](CCl)[C@@H](O)[C@H]1O. The Balaban J connectivity index is 2.03. The first-order chi connectivity index (χ1) is 9.67. The number of aromatic nitrogens is 4.